The predicted octanol–water partition coefficient (Wildman–Crippen LogP) is 3.84. The number of hydrogen-bond donors (Lipinski definition) is 0. The molecule has 1 amide bonds. The Balaban J connectivity index is 2.18. The second-order valence-corrected chi connectivity index (χ2v) is 5.90. The lowest BCUT2D eigenvalue weighted by atomic mass is 9.91. The molecule has 1 saturated carbocycles. The van der Waals surface area contributed by atoms with E-state index in [9.17, 15) is 4.79 Å². The van der Waals surface area contributed by atoms with Crippen molar-refractivity contribution in [3.8, 4) is 0 Å². The van der Waals surface area contributed by atoms with Gasteiger partial charge in [-0.15, -0.1) is 0 Å². The fraction of sp³-hybridized carbons (Fsp3) is 0.462. The van der Waals surface area contributed by atoms with E-state index in [0.29, 0.717) is 6.04 Å². The van der Waals surface area contributed by atoms with Gasteiger partial charge in [0, 0.05) is 22.4 Å². The van der Waals surface area contributed by atoms with Gasteiger partial charge in [0.1, 0.15) is 0 Å². The van der Waals surface area contributed by atoms with Crippen LogP contribution in [-0.4, -0.2) is 28.7 Å². The number of nitrogens with zero attached hydrogens (tertiary/aromatic N) is 1. The van der Waals surface area contributed by atoms with Gasteiger partial charge in [-0.1, -0.05) is 28.1 Å². The Hall–Kier alpha value is -0.350. The number of benzene rings is 1. The predicted molar refractivity (Wildman–Crippen MR) is 76.6 cm³/mol. The molecular formula is C13H15Br2NO. The second-order valence-electron chi connectivity index (χ2n) is 4.25. The molecule has 0 heterocycles. The maximum Gasteiger partial charge on any atom is 0.255 e. The molecule has 92 valence electrons. The number of carbonyl (C=O) groups is 1. The molecule has 17 heavy (non-hydrogen) atoms. The van der Waals surface area contributed by atoms with E-state index in [0.717, 1.165) is 34.8 Å². The van der Waals surface area contributed by atoms with Crippen LogP contribution in [0.2, 0.25) is 0 Å². The third-order valence-electron chi connectivity index (χ3n) is 3.21. The summed E-state index contributed by atoms with van der Waals surface area (Å²) in [5.74, 6) is 0.140. The zero-order valence-electron chi connectivity index (χ0n) is 9.53. The minimum absolute atomic E-state index is 0.140. The molecule has 0 spiro atoms. The first-order valence-electron chi connectivity index (χ1n) is 5.85. The van der Waals surface area contributed by atoms with Crippen LogP contribution in [0.5, 0.6) is 0 Å². The fourth-order valence-electron chi connectivity index (χ4n) is 2.03. The van der Waals surface area contributed by atoms with Crippen LogP contribution in [0.25, 0.3) is 0 Å². The summed E-state index contributed by atoms with van der Waals surface area (Å²) in [6.45, 7) is 0.783. The zero-order valence-corrected chi connectivity index (χ0v) is 12.7. The van der Waals surface area contributed by atoms with Gasteiger partial charge in [0.25, 0.3) is 5.91 Å². The van der Waals surface area contributed by atoms with E-state index in [4.69, 9.17) is 0 Å². The van der Waals surface area contributed by atoms with E-state index < -0.39 is 0 Å². The molecule has 1 aromatic carbocycles. The Morgan fingerprint density at radius 2 is 2.06 bits per heavy atom. The number of alkyl halides is 1. The van der Waals surface area contributed by atoms with Crippen LogP contribution in [0.15, 0.2) is 28.7 Å². The van der Waals surface area contributed by atoms with Crippen LogP contribution in [-0.2, 0) is 0 Å². The Morgan fingerprint density at radius 1 is 1.35 bits per heavy atom. The van der Waals surface area contributed by atoms with Gasteiger partial charge in [-0.05, 0) is 47.3 Å². The molecule has 1 aliphatic carbocycles. The Kier molecular flexibility index (Phi) is 4.62. The minimum Gasteiger partial charge on any atom is -0.335 e. The Bertz CT molecular complexity index is 404. The smallest absolute Gasteiger partial charge is 0.255 e. The number of hydrogen-bond acceptors (Lipinski definition) is 1. The monoisotopic (exact) mass is 359 g/mol. The molecule has 0 saturated heterocycles. The van der Waals surface area contributed by atoms with E-state index in [2.05, 4.69) is 31.9 Å². The summed E-state index contributed by atoms with van der Waals surface area (Å²) in [4.78, 5) is 14.5. The molecule has 1 aliphatic rings. The van der Waals surface area contributed by atoms with Crippen LogP contribution in [0.1, 0.15) is 29.6 Å². The highest BCUT2D eigenvalue weighted by Gasteiger charge is 2.29. The molecular weight excluding hydrogens is 346 g/mol. The molecule has 0 radical (unpaired) electrons. The highest BCUT2D eigenvalue weighted by Crippen LogP contribution is 2.27. The number of halogens is 2. The average Bonchev–Trinajstić information content (AvgIpc) is 2.26. The summed E-state index contributed by atoms with van der Waals surface area (Å²) >= 11 is 6.87. The van der Waals surface area contributed by atoms with Crippen molar-refractivity contribution in [2.24, 2.45) is 0 Å². The van der Waals surface area contributed by atoms with E-state index >= 15 is 0 Å². The maximum absolute atomic E-state index is 12.5. The first kappa shape index (κ1) is 13.1. The Morgan fingerprint density at radius 3 is 2.59 bits per heavy atom. The van der Waals surface area contributed by atoms with Crippen molar-refractivity contribution >= 4 is 37.8 Å². The topological polar surface area (TPSA) is 20.3 Å². The number of amides is 1. The normalized spacial score (nSPS) is 15.4. The molecule has 1 fully saturated rings. The summed E-state index contributed by atoms with van der Waals surface area (Å²) in [6.07, 6.45) is 3.53. The van der Waals surface area contributed by atoms with Gasteiger partial charge < -0.3 is 4.90 Å². The van der Waals surface area contributed by atoms with E-state index in [-0.39, 0.29) is 5.91 Å². The van der Waals surface area contributed by atoms with Crippen LogP contribution < -0.4 is 0 Å². The van der Waals surface area contributed by atoms with Crippen LogP contribution in [0.3, 0.4) is 0 Å². The standard InChI is InChI=1S/C13H15Br2NO/c14-8-9-16(10-4-3-5-10)13(17)11-6-1-2-7-12(11)15/h1-2,6-7,10H,3-5,8-9H2. The zero-order chi connectivity index (χ0) is 12.3. The average molecular weight is 361 g/mol. The molecule has 4 heteroatoms. The van der Waals surface area contributed by atoms with Crippen LogP contribution >= 0.6 is 31.9 Å². The number of carbonyl (C=O) groups excluding carboxylic acids is 1. The van der Waals surface area contributed by atoms with Crippen molar-refractivity contribution in [1.29, 1.82) is 0 Å². The van der Waals surface area contributed by atoms with Crippen molar-refractivity contribution < 1.29 is 4.79 Å². The maximum atomic E-state index is 12.5. The Labute approximate surface area is 119 Å². The van der Waals surface area contributed by atoms with Gasteiger partial charge in [-0.3, -0.25) is 4.79 Å². The summed E-state index contributed by atoms with van der Waals surface area (Å²) < 4.78 is 0.879. The van der Waals surface area contributed by atoms with Crippen molar-refractivity contribution in [3.05, 3.63) is 34.3 Å². The molecule has 2 nitrogen and oxygen atoms in total. The molecule has 0 N–H and O–H groups in total. The third kappa shape index (κ3) is 2.91. The van der Waals surface area contributed by atoms with Gasteiger partial charge in [-0.25, -0.2) is 0 Å². The molecule has 0 atom stereocenters. The quantitative estimate of drug-likeness (QED) is 0.747. The van der Waals surface area contributed by atoms with Crippen LogP contribution in [0, 0.1) is 0 Å². The van der Waals surface area contributed by atoms with Crippen molar-refractivity contribution in [3.63, 3.8) is 0 Å². The summed E-state index contributed by atoms with van der Waals surface area (Å²) in [6, 6.07) is 8.07. The van der Waals surface area contributed by atoms with Gasteiger partial charge >= 0.3 is 0 Å². The van der Waals surface area contributed by atoms with E-state index in [1.165, 1.54) is 6.42 Å². The molecule has 0 bridgehead atoms. The highest BCUT2D eigenvalue weighted by molar-refractivity contribution is 9.10. The van der Waals surface area contributed by atoms with Gasteiger partial charge in [0.05, 0.1) is 5.56 Å². The van der Waals surface area contributed by atoms with Gasteiger partial charge in [0.15, 0.2) is 0 Å². The SMILES string of the molecule is O=C(c1ccccc1Br)N(CCBr)C1CCC1. The first-order valence-corrected chi connectivity index (χ1v) is 7.77. The third-order valence-corrected chi connectivity index (χ3v) is 4.25. The largest absolute Gasteiger partial charge is 0.335 e. The number of rotatable bonds is 4. The lowest BCUT2D eigenvalue weighted by molar-refractivity contribution is 0.0598. The second kappa shape index (κ2) is 6.01. The molecule has 0 aromatic heterocycles. The molecule has 0 aliphatic heterocycles. The highest BCUT2D eigenvalue weighted by atomic mass is 79.9. The summed E-state index contributed by atoms with van der Waals surface area (Å²) in [5.41, 5.74) is 0.764. The lowest BCUT2D eigenvalue weighted by Gasteiger charge is -2.37. The van der Waals surface area contributed by atoms with Gasteiger partial charge in [0.2, 0.25) is 0 Å². The van der Waals surface area contributed by atoms with Crippen LogP contribution in [0.4, 0.5) is 0 Å². The lowest BCUT2D eigenvalue weighted by Crippen LogP contribution is -2.45. The van der Waals surface area contributed by atoms with Gasteiger partial charge in [-0.2, -0.15) is 0 Å². The molecule has 2 rings (SSSR count). The molecule has 0 unspecified atom stereocenters. The first-order chi connectivity index (χ1) is 8.24. The van der Waals surface area contributed by atoms with Crippen molar-refractivity contribution in [2.75, 3.05) is 11.9 Å². The molecule has 1 aromatic rings. The van der Waals surface area contributed by atoms with E-state index in [1.807, 2.05) is 29.2 Å². The van der Waals surface area contributed by atoms with E-state index in [1.54, 1.807) is 0 Å². The minimum atomic E-state index is 0.140. The summed E-state index contributed by atoms with van der Waals surface area (Å²) in [7, 11) is 0. The fourth-order valence-corrected chi connectivity index (χ4v) is 2.87. The van der Waals surface area contributed by atoms with Crippen molar-refractivity contribution in [1.82, 2.24) is 4.90 Å². The van der Waals surface area contributed by atoms with Crippen molar-refractivity contribution in [2.45, 2.75) is 25.3 Å². The summed E-state index contributed by atoms with van der Waals surface area (Å²) in [5, 5.41) is 0.833.